The smallest absolute Gasteiger partial charge is 0.256 e. The molecule has 0 aliphatic carbocycles. The summed E-state index contributed by atoms with van der Waals surface area (Å²) >= 11 is 0. The predicted octanol–water partition coefficient (Wildman–Crippen LogP) is 5.28. The molecule has 4 heteroatoms. The molecule has 1 rings (SSSR count). The Morgan fingerprint density at radius 1 is 1.00 bits per heavy atom. The molecule has 1 amide bonds. The van der Waals surface area contributed by atoms with E-state index in [-0.39, 0.29) is 12.0 Å². The second-order valence-electron chi connectivity index (χ2n) is 7.77. The van der Waals surface area contributed by atoms with Crippen LogP contribution in [0.2, 0.25) is 0 Å². The molecule has 0 saturated carbocycles. The summed E-state index contributed by atoms with van der Waals surface area (Å²) in [6.07, 6.45) is 1.54. The van der Waals surface area contributed by atoms with Crippen LogP contribution in [0.4, 0.5) is 5.69 Å². The van der Waals surface area contributed by atoms with Crippen molar-refractivity contribution in [1.82, 2.24) is 0 Å². The maximum Gasteiger partial charge on any atom is 0.256 e. The molecule has 0 saturated heterocycles. The van der Waals surface area contributed by atoms with Crippen LogP contribution in [0.1, 0.15) is 61.3 Å². The normalized spacial score (nSPS) is 12.1. The van der Waals surface area contributed by atoms with E-state index in [1.165, 1.54) is 0 Å². The molecule has 1 aromatic rings. The topological polar surface area (TPSA) is 47.6 Å². The maximum absolute atomic E-state index is 13.1. The molecule has 0 aromatic heterocycles. The lowest BCUT2D eigenvalue weighted by Crippen LogP contribution is -2.47. The van der Waals surface area contributed by atoms with E-state index in [4.69, 9.17) is 9.47 Å². The van der Waals surface area contributed by atoms with E-state index in [1.54, 1.807) is 0 Å². The van der Waals surface area contributed by atoms with Crippen LogP contribution in [-0.2, 0) is 9.53 Å². The molecule has 142 valence electrons. The van der Waals surface area contributed by atoms with Crippen molar-refractivity contribution in [1.29, 1.82) is 0 Å². The minimum atomic E-state index is -0.788. The zero-order valence-corrected chi connectivity index (χ0v) is 16.9. The SMILES string of the molecule is CCOC(CC(C)C)(CC(C)C)C(=O)Nc1ccc(OC(C)C)cc1. The molecule has 25 heavy (non-hydrogen) atoms. The average Bonchev–Trinajstić information content (AvgIpc) is 2.47. The van der Waals surface area contributed by atoms with E-state index in [2.05, 4.69) is 33.0 Å². The van der Waals surface area contributed by atoms with Gasteiger partial charge in [-0.2, -0.15) is 0 Å². The third kappa shape index (κ3) is 7.07. The van der Waals surface area contributed by atoms with Crippen molar-refractivity contribution in [3.8, 4) is 5.75 Å². The van der Waals surface area contributed by atoms with Crippen LogP contribution in [0.3, 0.4) is 0 Å². The molecule has 0 aliphatic heterocycles. The number of ether oxygens (including phenoxy) is 2. The van der Waals surface area contributed by atoms with Gasteiger partial charge in [0.05, 0.1) is 6.10 Å². The van der Waals surface area contributed by atoms with Crippen molar-refractivity contribution < 1.29 is 14.3 Å². The summed E-state index contributed by atoms with van der Waals surface area (Å²) in [7, 11) is 0. The molecule has 0 spiro atoms. The fourth-order valence-electron chi connectivity index (χ4n) is 3.18. The lowest BCUT2D eigenvalue weighted by atomic mass is 9.83. The van der Waals surface area contributed by atoms with Crippen LogP contribution >= 0.6 is 0 Å². The summed E-state index contributed by atoms with van der Waals surface area (Å²) in [5.41, 5.74) is -0.0258. The molecule has 0 unspecified atom stereocenters. The fourth-order valence-corrected chi connectivity index (χ4v) is 3.18. The first kappa shape index (κ1) is 21.5. The van der Waals surface area contributed by atoms with Gasteiger partial charge in [0.1, 0.15) is 11.4 Å². The molecule has 0 radical (unpaired) electrons. The van der Waals surface area contributed by atoms with Gasteiger partial charge in [-0.15, -0.1) is 0 Å². The standard InChI is InChI=1S/C21H35NO3/c1-8-24-21(13-15(2)3,14-16(4)5)20(23)22-18-9-11-19(12-10-18)25-17(6)7/h9-12,15-17H,8,13-14H2,1-7H3,(H,22,23). The van der Waals surface area contributed by atoms with Crippen LogP contribution < -0.4 is 10.1 Å². The van der Waals surface area contributed by atoms with E-state index in [9.17, 15) is 4.79 Å². The van der Waals surface area contributed by atoms with Crippen LogP contribution in [0.5, 0.6) is 5.75 Å². The number of carbonyl (C=O) groups excluding carboxylic acids is 1. The number of benzene rings is 1. The van der Waals surface area contributed by atoms with Gasteiger partial charge in [-0.3, -0.25) is 4.79 Å². The van der Waals surface area contributed by atoms with Crippen molar-refractivity contribution in [2.75, 3.05) is 11.9 Å². The van der Waals surface area contributed by atoms with E-state index in [1.807, 2.05) is 45.0 Å². The van der Waals surface area contributed by atoms with Gasteiger partial charge in [-0.1, -0.05) is 27.7 Å². The zero-order chi connectivity index (χ0) is 19.0. The molecular formula is C21H35NO3. The summed E-state index contributed by atoms with van der Waals surface area (Å²) in [5, 5.41) is 3.04. The van der Waals surface area contributed by atoms with Gasteiger partial charge in [-0.25, -0.2) is 0 Å². The Kier molecular flexibility index (Phi) is 8.43. The third-order valence-electron chi connectivity index (χ3n) is 3.79. The summed E-state index contributed by atoms with van der Waals surface area (Å²) < 4.78 is 11.7. The number of hydrogen-bond donors (Lipinski definition) is 1. The summed E-state index contributed by atoms with van der Waals surface area (Å²) in [5.74, 6) is 1.48. The van der Waals surface area contributed by atoms with Crippen LogP contribution in [-0.4, -0.2) is 24.2 Å². The van der Waals surface area contributed by atoms with E-state index >= 15 is 0 Å². The van der Waals surface area contributed by atoms with Gasteiger partial charge in [0.25, 0.3) is 5.91 Å². The number of nitrogens with one attached hydrogen (secondary N) is 1. The summed E-state index contributed by atoms with van der Waals surface area (Å²) in [4.78, 5) is 13.1. The molecule has 0 fully saturated rings. The minimum Gasteiger partial charge on any atom is -0.491 e. The van der Waals surface area contributed by atoms with Gasteiger partial charge in [0.15, 0.2) is 0 Å². The first-order valence-electron chi connectivity index (χ1n) is 9.40. The Labute approximate surface area is 153 Å². The number of carbonyl (C=O) groups is 1. The Bertz CT molecular complexity index is 510. The maximum atomic E-state index is 13.1. The van der Waals surface area contributed by atoms with Crippen molar-refractivity contribution in [3.05, 3.63) is 24.3 Å². The Balaban J connectivity index is 2.96. The van der Waals surface area contributed by atoms with Crippen LogP contribution in [0, 0.1) is 11.8 Å². The number of rotatable bonds is 10. The molecule has 0 heterocycles. The molecule has 1 aromatic carbocycles. The van der Waals surface area contributed by atoms with Crippen LogP contribution in [0.15, 0.2) is 24.3 Å². The average molecular weight is 350 g/mol. The Morgan fingerprint density at radius 2 is 1.52 bits per heavy atom. The third-order valence-corrected chi connectivity index (χ3v) is 3.79. The predicted molar refractivity (Wildman–Crippen MR) is 104 cm³/mol. The molecule has 0 atom stereocenters. The van der Waals surface area contributed by atoms with Crippen molar-refractivity contribution in [2.45, 2.75) is 73.0 Å². The highest BCUT2D eigenvalue weighted by atomic mass is 16.5. The number of hydrogen-bond acceptors (Lipinski definition) is 3. The van der Waals surface area contributed by atoms with E-state index in [0.29, 0.717) is 31.3 Å². The van der Waals surface area contributed by atoms with Crippen molar-refractivity contribution >= 4 is 11.6 Å². The van der Waals surface area contributed by atoms with Gasteiger partial charge in [0.2, 0.25) is 0 Å². The second-order valence-corrected chi connectivity index (χ2v) is 7.77. The first-order valence-corrected chi connectivity index (χ1v) is 9.40. The summed E-state index contributed by atoms with van der Waals surface area (Å²) in [6, 6.07) is 7.50. The summed E-state index contributed by atoms with van der Waals surface area (Å²) in [6.45, 7) is 14.9. The quantitative estimate of drug-likeness (QED) is 0.625. The molecule has 0 aliphatic rings. The molecular weight excluding hydrogens is 314 g/mol. The zero-order valence-electron chi connectivity index (χ0n) is 16.9. The van der Waals surface area contributed by atoms with Gasteiger partial charge in [0, 0.05) is 12.3 Å². The van der Waals surface area contributed by atoms with Gasteiger partial charge >= 0.3 is 0 Å². The highest BCUT2D eigenvalue weighted by Gasteiger charge is 2.40. The lowest BCUT2D eigenvalue weighted by molar-refractivity contribution is -0.146. The highest BCUT2D eigenvalue weighted by molar-refractivity contribution is 5.97. The van der Waals surface area contributed by atoms with Crippen LogP contribution in [0.25, 0.3) is 0 Å². The molecule has 4 nitrogen and oxygen atoms in total. The monoisotopic (exact) mass is 349 g/mol. The lowest BCUT2D eigenvalue weighted by Gasteiger charge is -2.35. The Hall–Kier alpha value is -1.55. The largest absolute Gasteiger partial charge is 0.491 e. The van der Waals surface area contributed by atoms with E-state index in [0.717, 1.165) is 11.4 Å². The Morgan fingerprint density at radius 3 is 1.92 bits per heavy atom. The molecule has 1 N–H and O–H groups in total. The van der Waals surface area contributed by atoms with Gasteiger partial charge in [-0.05, 0) is 69.7 Å². The fraction of sp³-hybridized carbons (Fsp3) is 0.667. The number of amides is 1. The minimum absolute atomic E-state index is 0.0609. The first-order chi connectivity index (χ1) is 11.7. The van der Waals surface area contributed by atoms with Crippen molar-refractivity contribution in [2.24, 2.45) is 11.8 Å². The highest BCUT2D eigenvalue weighted by Crippen LogP contribution is 2.31. The van der Waals surface area contributed by atoms with E-state index < -0.39 is 5.60 Å². The molecule has 0 bridgehead atoms. The second kappa shape index (κ2) is 9.81. The van der Waals surface area contributed by atoms with Crippen molar-refractivity contribution in [3.63, 3.8) is 0 Å². The number of anilines is 1. The van der Waals surface area contributed by atoms with Gasteiger partial charge < -0.3 is 14.8 Å².